The van der Waals surface area contributed by atoms with Crippen LogP contribution < -0.4 is 0 Å². The van der Waals surface area contributed by atoms with Crippen LogP contribution in [0.1, 0.15) is 13.8 Å². The Morgan fingerprint density at radius 3 is 2.36 bits per heavy atom. The highest BCUT2D eigenvalue weighted by atomic mass is 16.5. The number of methoxy groups -OCH3 is 1. The van der Waals surface area contributed by atoms with Gasteiger partial charge in [-0.2, -0.15) is 0 Å². The van der Waals surface area contributed by atoms with Gasteiger partial charge in [0.05, 0.1) is 19.3 Å². The van der Waals surface area contributed by atoms with Crippen LogP contribution >= 0.6 is 0 Å². The van der Waals surface area contributed by atoms with Gasteiger partial charge in [-0.3, -0.25) is 0 Å². The summed E-state index contributed by atoms with van der Waals surface area (Å²) in [4.78, 5) is 22.0. The van der Waals surface area contributed by atoms with Crippen molar-refractivity contribution in [1.29, 1.82) is 0 Å². The zero-order valence-electron chi connectivity index (χ0n) is 8.62. The van der Waals surface area contributed by atoms with E-state index in [9.17, 15) is 9.59 Å². The largest absolute Gasteiger partial charge is 0.466 e. The number of hydrogen-bond acceptors (Lipinski definition) is 4. The first kappa shape index (κ1) is 12.4. The molecule has 4 heteroatoms. The van der Waals surface area contributed by atoms with Gasteiger partial charge in [0, 0.05) is 5.57 Å². The average molecular weight is 198 g/mol. The molecular formula is C10H14O4. The molecule has 0 saturated heterocycles. The molecule has 0 bridgehead atoms. The number of rotatable bonds is 4. The van der Waals surface area contributed by atoms with Crippen molar-refractivity contribution in [3.8, 4) is 0 Å². The Morgan fingerprint density at radius 2 is 1.93 bits per heavy atom. The van der Waals surface area contributed by atoms with Crippen molar-refractivity contribution in [1.82, 2.24) is 0 Å². The van der Waals surface area contributed by atoms with Gasteiger partial charge in [0.25, 0.3) is 0 Å². The first-order valence-corrected chi connectivity index (χ1v) is 4.15. The fourth-order valence-electron chi connectivity index (χ4n) is 0.764. The molecule has 0 amide bonds. The molecule has 0 aliphatic carbocycles. The van der Waals surface area contributed by atoms with Crippen LogP contribution in [0.4, 0.5) is 0 Å². The molecular weight excluding hydrogens is 184 g/mol. The first-order chi connectivity index (χ1) is 6.52. The van der Waals surface area contributed by atoms with Crippen LogP contribution in [0, 0.1) is 0 Å². The summed E-state index contributed by atoms with van der Waals surface area (Å²) in [6, 6.07) is 0. The Hall–Kier alpha value is -1.58. The first-order valence-electron chi connectivity index (χ1n) is 4.15. The minimum atomic E-state index is -0.532. The molecule has 0 aromatic carbocycles. The lowest BCUT2D eigenvalue weighted by Crippen LogP contribution is -2.07. The molecule has 0 atom stereocenters. The van der Waals surface area contributed by atoms with Crippen LogP contribution in [-0.4, -0.2) is 25.7 Å². The second kappa shape index (κ2) is 5.96. The van der Waals surface area contributed by atoms with E-state index in [0.717, 1.165) is 0 Å². The summed E-state index contributed by atoms with van der Waals surface area (Å²) in [7, 11) is 1.27. The van der Waals surface area contributed by atoms with Crippen LogP contribution in [0.2, 0.25) is 0 Å². The number of carbonyl (C=O) groups excluding carboxylic acids is 2. The second-order valence-electron chi connectivity index (χ2n) is 2.56. The van der Waals surface area contributed by atoms with Crippen molar-refractivity contribution >= 4 is 11.9 Å². The van der Waals surface area contributed by atoms with Crippen molar-refractivity contribution in [2.24, 2.45) is 0 Å². The van der Waals surface area contributed by atoms with E-state index >= 15 is 0 Å². The van der Waals surface area contributed by atoms with E-state index in [1.165, 1.54) is 20.1 Å². The molecule has 0 fully saturated rings. The van der Waals surface area contributed by atoms with Gasteiger partial charge < -0.3 is 9.47 Å². The molecule has 0 radical (unpaired) electrons. The number of hydrogen-bond donors (Lipinski definition) is 0. The van der Waals surface area contributed by atoms with E-state index < -0.39 is 11.9 Å². The Bertz CT molecular complexity index is 276. The van der Waals surface area contributed by atoms with Gasteiger partial charge in [-0.1, -0.05) is 6.58 Å². The maximum absolute atomic E-state index is 11.1. The van der Waals surface area contributed by atoms with Crippen LogP contribution in [0.3, 0.4) is 0 Å². The normalized spacial score (nSPS) is 10.6. The molecule has 0 spiro atoms. The third-order valence-corrected chi connectivity index (χ3v) is 1.44. The van der Waals surface area contributed by atoms with Crippen LogP contribution in [0.25, 0.3) is 0 Å². The second-order valence-corrected chi connectivity index (χ2v) is 2.56. The summed E-state index contributed by atoms with van der Waals surface area (Å²) in [5.74, 6) is -1.02. The maximum Gasteiger partial charge on any atom is 0.337 e. The number of esters is 2. The van der Waals surface area contributed by atoms with Crippen molar-refractivity contribution in [3.63, 3.8) is 0 Å². The zero-order chi connectivity index (χ0) is 11.1. The van der Waals surface area contributed by atoms with Gasteiger partial charge in [0.2, 0.25) is 0 Å². The molecule has 0 aliphatic rings. The minimum Gasteiger partial charge on any atom is -0.466 e. The lowest BCUT2D eigenvalue weighted by molar-refractivity contribution is -0.138. The van der Waals surface area contributed by atoms with Gasteiger partial charge >= 0.3 is 11.9 Å². The fraction of sp³-hybridized carbons (Fsp3) is 0.400. The summed E-state index contributed by atoms with van der Waals surface area (Å²) in [5, 5.41) is 0. The van der Waals surface area contributed by atoms with Crippen molar-refractivity contribution < 1.29 is 19.1 Å². The standard InChI is InChI=1S/C10H14O4/c1-5-14-10(12)8(3)6-7(2)9(11)13-4/h6H,3,5H2,1-2,4H3/b7-6+. The third kappa shape index (κ3) is 3.89. The fourth-order valence-corrected chi connectivity index (χ4v) is 0.764. The zero-order valence-corrected chi connectivity index (χ0v) is 8.62. The Balaban J connectivity index is 4.43. The molecule has 0 unspecified atom stereocenters. The molecule has 78 valence electrons. The van der Waals surface area contributed by atoms with E-state index in [1.807, 2.05) is 0 Å². The SMILES string of the molecule is C=C(/C=C(\C)C(=O)OC)C(=O)OCC. The van der Waals surface area contributed by atoms with Gasteiger partial charge in [-0.15, -0.1) is 0 Å². The van der Waals surface area contributed by atoms with E-state index in [1.54, 1.807) is 6.92 Å². The molecule has 14 heavy (non-hydrogen) atoms. The molecule has 0 saturated carbocycles. The van der Waals surface area contributed by atoms with Crippen molar-refractivity contribution in [2.45, 2.75) is 13.8 Å². The Morgan fingerprint density at radius 1 is 1.36 bits per heavy atom. The lowest BCUT2D eigenvalue weighted by atomic mass is 10.2. The summed E-state index contributed by atoms with van der Waals surface area (Å²) in [6.45, 7) is 6.99. The Labute approximate surface area is 83.2 Å². The maximum atomic E-state index is 11.1. The van der Waals surface area contributed by atoms with E-state index in [2.05, 4.69) is 16.1 Å². The lowest BCUT2D eigenvalue weighted by Gasteiger charge is -2.02. The van der Waals surface area contributed by atoms with Crippen molar-refractivity contribution in [2.75, 3.05) is 13.7 Å². The molecule has 0 heterocycles. The molecule has 0 rings (SSSR count). The highest BCUT2D eigenvalue weighted by molar-refractivity contribution is 5.95. The topological polar surface area (TPSA) is 52.6 Å². The number of carbonyl (C=O) groups is 2. The number of ether oxygens (including phenoxy) is 2. The van der Waals surface area contributed by atoms with Gasteiger partial charge in [-0.25, -0.2) is 9.59 Å². The predicted octanol–water partition coefficient (Wildman–Crippen LogP) is 1.22. The molecule has 0 aromatic heterocycles. The summed E-state index contributed by atoms with van der Waals surface area (Å²) in [6.07, 6.45) is 1.34. The molecule has 0 aromatic rings. The highest BCUT2D eigenvalue weighted by Crippen LogP contribution is 2.03. The van der Waals surface area contributed by atoms with Crippen LogP contribution in [-0.2, 0) is 19.1 Å². The summed E-state index contributed by atoms with van der Waals surface area (Å²) >= 11 is 0. The molecule has 4 nitrogen and oxygen atoms in total. The highest BCUT2D eigenvalue weighted by Gasteiger charge is 2.08. The minimum absolute atomic E-state index is 0.134. The van der Waals surface area contributed by atoms with Crippen LogP contribution in [0.5, 0.6) is 0 Å². The van der Waals surface area contributed by atoms with Crippen LogP contribution in [0.15, 0.2) is 23.8 Å². The van der Waals surface area contributed by atoms with E-state index in [-0.39, 0.29) is 12.2 Å². The molecule has 0 N–H and O–H groups in total. The third-order valence-electron chi connectivity index (χ3n) is 1.44. The average Bonchev–Trinajstić information content (AvgIpc) is 2.16. The smallest absolute Gasteiger partial charge is 0.337 e. The van der Waals surface area contributed by atoms with E-state index in [0.29, 0.717) is 5.57 Å². The van der Waals surface area contributed by atoms with Gasteiger partial charge in [0.15, 0.2) is 0 Å². The van der Waals surface area contributed by atoms with Gasteiger partial charge in [-0.05, 0) is 19.9 Å². The van der Waals surface area contributed by atoms with Gasteiger partial charge in [0.1, 0.15) is 0 Å². The predicted molar refractivity (Wildman–Crippen MR) is 51.5 cm³/mol. The Kier molecular flexibility index (Phi) is 5.29. The van der Waals surface area contributed by atoms with E-state index in [4.69, 9.17) is 0 Å². The molecule has 0 aliphatic heterocycles. The summed E-state index contributed by atoms with van der Waals surface area (Å²) < 4.78 is 9.13. The summed E-state index contributed by atoms with van der Waals surface area (Å²) in [5.41, 5.74) is 0.445. The quantitative estimate of drug-likeness (QED) is 0.387. The van der Waals surface area contributed by atoms with Crippen molar-refractivity contribution in [3.05, 3.63) is 23.8 Å². The monoisotopic (exact) mass is 198 g/mol.